The zero-order valence-corrected chi connectivity index (χ0v) is 17.9. The number of halogens is 3. The summed E-state index contributed by atoms with van der Waals surface area (Å²) in [4.78, 5) is 3.65. The summed E-state index contributed by atoms with van der Waals surface area (Å²) in [6, 6.07) is 8.30. The average Bonchev–Trinajstić information content (AvgIpc) is 3.47. The van der Waals surface area contributed by atoms with Gasteiger partial charge in [0.25, 0.3) is 10.0 Å². The Hall–Kier alpha value is -3.89. The van der Waals surface area contributed by atoms with E-state index in [4.69, 9.17) is 4.74 Å². The molecule has 0 spiro atoms. The van der Waals surface area contributed by atoms with Crippen LogP contribution in [0.15, 0.2) is 64.6 Å². The van der Waals surface area contributed by atoms with Crippen molar-refractivity contribution < 1.29 is 26.3 Å². The molecule has 4 aromatic rings. The molecule has 0 amide bonds. The lowest BCUT2D eigenvalue weighted by molar-refractivity contribution is -0.137. The molecule has 0 saturated heterocycles. The summed E-state index contributed by atoms with van der Waals surface area (Å²) in [5.74, 6) is 0.125. The number of hydrogen-bond donors (Lipinski definition) is 2. The van der Waals surface area contributed by atoms with Gasteiger partial charge in [-0.15, -0.1) is 11.3 Å². The summed E-state index contributed by atoms with van der Waals surface area (Å²) in [6.07, 6.45) is -1.85. The molecule has 33 heavy (non-hydrogen) atoms. The van der Waals surface area contributed by atoms with Crippen molar-refractivity contribution in [3.8, 4) is 28.7 Å². The van der Waals surface area contributed by atoms with Crippen LogP contribution in [0, 0.1) is 11.3 Å². The number of aromatic nitrogens is 3. The van der Waals surface area contributed by atoms with Gasteiger partial charge in [-0.3, -0.25) is 9.82 Å². The standard InChI is InChI=1S/C20H12F3N5O3S2/c21-20(22,23)14-1-3-18(16(6-14)13-8-26-27-9-13)31-17-4-2-15(5-12(17)7-24)33(29,30)28-19-10-32-11-25-19/h1-6,8-11,28H,(H,26,27). The minimum atomic E-state index is -4.57. The summed E-state index contributed by atoms with van der Waals surface area (Å²) in [6.45, 7) is 0. The monoisotopic (exact) mass is 491 g/mol. The van der Waals surface area contributed by atoms with E-state index in [9.17, 15) is 26.9 Å². The first-order valence-electron chi connectivity index (χ1n) is 9.01. The largest absolute Gasteiger partial charge is 0.455 e. The van der Waals surface area contributed by atoms with Gasteiger partial charge < -0.3 is 4.74 Å². The SMILES string of the molecule is N#Cc1cc(S(=O)(=O)Nc2cscn2)ccc1Oc1ccc(C(F)(F)F)cc1-c1cn[nH]c1. The fraction of sp³-hybridized carbons (Fsp3) is 0.0500. The molecule has 2 heterocycles. The van der Waals surface area contributed by atoms with Gasteiger partial charge in [0, 0.05) is 22.7 Å². The molecule has 2 aromatic heterocycles. The number of alkyl halides is 3. The van der Waals surface area contributed by atoms with E-state index >= 15 is 0 Å². The Morgan fingerprint density at radius 2 is 1.94 bits per heavy atom. The van der Waals surface area contributed by atoms with Crippen molar-refractivity contribution in [3.05, 3.63) is 70.8 Å². The van der Waals surface area contributed by atoms with Gasteiger partial charge >= 0.3 is 6.18 Å². The van der Waals surface area contributed by atoms with Gasteiger partial charge in [0.2, 0.25) is 0 Å². The second-order valence-electron chi connectivity index (χ2n) is 6.55. The Bertz CT molecular complexity index is 1430. The van der Waals surface area contributed by atoms with Gasteiger partial charge in [-0.2, -0.15) is 23.5 Å². The lowest BCUT2D eigenvalue weighted by atomic mass is 10.0. The van der Waals surface area contributed by atoms with E-state index in [1.807, 2.05) is 6.07 Å². The van der Waals surface area contributed by atoms with Crippen LogP contribution in [0.25, 0.3) is 11.1 Å². The van der Waals surface area contributed by atoms with Crippen LogP contribution in [0.4, 0.5) is 19.0 Å². The third kappa shape index (κ3) is 4.81. The molecule has 0 aliphatic heterocycles. The number of ether oxygens (including phenoxy) is 1. The van der Waals surface area contributed by atoms with E-state index in [0.717, 1.165) is 24.3 Å². The Labute approximate surface area is 189 Å². The van der Waals surface area contributed by atoms with Gasteiger partial charge in [-0.25, -0.2) is 13.4 Å². The number of nitrogens with zero attached hydrogens (tertiary/aromatic N) is 3. The zero-order chi connectivity index (χ0) is 23.6. The molecule has 8 nitrogen and oxygen atoms in total. The number of nitrogens with one attached hydrogen (secondary N) is 2. The molecule has 2 aromatic carbocycles. The molecule has 2 N–H and O–H groups in total. The number of anilines is 1. The molecular weight excluding hydrogens is 479 g/mol. The predicted molar refractivity (Wildman–Crippen MR) is 113 cm³/mol. The molecule has 0 aliphatic carbocycles. The highest BCUT2D eigenvalue weighted by Gasteiger charge is 2.31. The number of nitriles is 1. The topological polar surface area (TPSA) is 121 Å². The van der Waals surface area contributed by atoms with Crippen LogP contribution in [-0.4, -0.2) is 23.6 Å². The molecule has 0 atom stereocenters. The Balaban J connectivity index is 1.70. The minimum Gasteiger partial charge on any atom is -0.455 e. The quantitative estimate of drug-likeness (QED) is 0.391. The van der Waals surface area contributed by atoms with Gasteiger partial charge in [0.15, 0.2) is 5.82 Å². The molecule has 168 valence electrons. The van der Waals surface area contributed by atoms with Crippen molar-refractivity contribution in [1.82, 2.24) is 15.2 Å². The molecular formula is C20H12F3N5O3S2. The number of sulfonamides is 1. The second-order valence-corrected chi connectivity index (χ2v) is 8.95. The summed E-state index contributed by atoms with van der Waals surface area (Å²) in [5, 5.41) is 17.3. The van der Waals surface area contributed by atoms with Crippen LogP contribution in [0.5, 0.6) is 11.5 Å². The maximum atomic E-state index is 13.2. The van der Waals surface area contributed by atoms with Crippen LogP contribution in [0.2, 0.25) is 0 Å². The highest BCUT2D eigenvalue weighted by Crippen LogP contribution is 2.39. The van der Waals surface area contributed by atoms with Crippen LogP contribution in [-0.2, 0) is 16.2 Å². The normalized spacial score (nSPS) is 11.7. The van der Waals surface area contributed by atoms with Gasteiger partial charge in [0.05, 0.1) is 27.7 Å². The molecule has 0 fully saturated rings. The third-order valence-electron chi connectivity index (χ3n) is 4.39. The van der Waals surface area contributed by atoms with Crippen molar-refractivity contribution in [2.75, 3.05) is 4.72 Å². The molecule has 4 rings (SSSR count). The Morgan fingerprint density at radius 3 is 2.58 bits per heavy atom. The highest BCUT2D eigenvalue weighted by atomic mass is 32.2. The summed E-state index contributed by atoms with van der Waals surface area (Å²) < 4.78 is 72.8. The zero-order valence-electron chi connectivity index (χ0n) is 16.3. The number of rotatable bonds is 6. The minimum absolute atomic E-state index is 0.0251. The van der Waals surface area contributed by atoms with Gasteiger partial charge in [0.1, 0.15) is 17.6 Å². The highest BCUT2D eigenvalue weighted by molar-refractivity contribution is 7.92. The summed E-state index contributed by atoms with van der Waals surface area (Å²) in [5.41, 5.74) is 0.859. The fourth-order valence-electron chi connectivity index (χ4n) is 2.85. The average molecular weight is 491 g/mol. The first-order valence-corrected chi connectivity index (χ1v) is 11.4. The smallest absolute Gasteiger partial charge is 0.416 e. The van der Waals surface area contributed by atoms with E-state index in [1.54, 1.807) is 0 Å². The molecule has 0 aliphatic rings. The molecule has 0 saturated carbocycles. The first kappa shape index (κ1) is 22.3. The van der Waals surface area contributed by atoms with Gasteiger partial charge in [-0.1, -0.05) is 0 Å². The van der Waals surface area contributed by atoms with Crippen molar-refractivity contribution >= 4 is 27.2 Å². The van der Waals surface area contributed by atoms with Crippen LogP contribution >= 0.6 is 11.3 Å². The lowest BCUT2D eigenvalue weighted by Crippen LogP contribution is -2.13. The van der Waals surface area contributed by atoms with E-state index in [-0.39, 0.29) is 33.3 Å². The van der Waals surface area contributed by atoms with E-state index < -0.39 is 21.8 Å². The van der Waals surface area contributed by atoms with Crippen molar-refractivity contribution in [2.45, 2.75) is 11.1 Å². The Morgan fingerprint density at radius 1 is 1.15 bits per heavy atom. The molecule has 0 bridgehead atoms. The van der Waals surface area contributed by atoms with Gasteiger partial charge in [-0.05, 0) is 36.4 Å². The maximum absolute atomic E-state index is 13.2. The van der Waals surface area contributed by atoms with Crippen molar-refractivity contribution in [1.29, 1.82) is 5.26 Å². The number of hydrogen-bond acceptors (Lipinski definition) is 7. The number of thiazole rings is 1. The van der Waals surface area contributed by atoms with E-state index in [1.165, 1.54) is 46.8 Å². The van der Waals surface area contributed by atoms with Crippen molar-refractivity contribution in [2.24, 2.45) is 0 Å². The lowest BCUT2D eigenvalue weighted by Gasteiger charge is -2.15. The fourth-order valence-corrected chi connectivity index (χ4v) is 4.43. The second kappa shape index (κ2) is 8.57. The summed E-state index contributed by atoms with van der Waals surface area (Å²) in [7, 11) is -4.02. The summed E-state index contributed by atoms with van der Waals surface area (Å²) >= 11 is 1.20. The molecule has 0 radical (unpaired) electrons. The van der Waals surface area contributed by atoms with Crippen LogP contribution in [0.3, 0.4) is 0 Å². The van der Waals surface area contributed by atoms with E-state index in [0.29, 0.717) is 5.56 Å². The number of benzene rings is 2. The first-order chi connectivity index (χ1) is 15.7. The number of H-pyrrole nitrogens is 1. The maximum Gasteiger partial charge on any atom is 0.416 e. The van der Waals surface area contributed by atoms with E-state index in [2.05, 4.69) is 19.9 Å². The molecule has 0 unspecified atom stereocenters. The predicted octanol–water partition coefficient (Wildman–Crippen LogP) is 5.02. The van der Waals surface area contributed by atoms with Crippen LogP contribution in [0.1, 0.15) is 11.1 Å². The Kier molecular flexibility index (Phi) is 5.79. The van der Waals surface area contributed by atoms with Crippen LogP contribution < -0.4 is 9.46 Å². The number of aromatic amines is 1. The van der Waals surface area contributed by atoms with Crippen molar-refractivity contribution in [3.63, 3.8) is 0 Å². The third-order valence-corrected chi connectivity index (χ3v) is 6.33. The molecule has 13 heteroatoms.